The fourth-order valence-electron chi connectivity index (χ4n) is 3.75. The summed E-state index contributed by atoms with van der Waals surface area (Å²) in [6, 6.07) is 14.6. The molecule has 1 amide bonds. The number of nitrogens with zero attached hydrogens (tertiary/aromatic N) is 1. The summed E-state index contributed by atoms with van der Waals surface area (Å²) in [6.45, 7) is 2.01. The summed E-state index contributed by atoms with van der Waals surface area (Å²) in [4.78, 5) is 13.1. The van der Waals surface area contributed by atoms with Crippen molar-refractivity contribution in [1.29, 1.82) is 5.26 Å². The monoisotopic (exact) mass is 382 g/mol. The highest BCUT2D eigenvalue weighted by atomic mass is 35.5. The van der Waals surface area contributed by atoms with Crippen LogP contribution in [0.1, 0.15) is 42.4 Å². The molecule has 27 heavy (non-hydrogen) atoms. The van der Waals surface area contributed by atoms with Gasteiger partial charge in [0.2, 0.25) is 0 Å². The van der Waals surface area contributed by atoms with E-state index in [-0.39, 0.29) is 17.4 Å². The Morgan fingerprint density at radius 3 is 2.52 bits per heavy atom. The van der Waals surface area contributed by atoms with Gasteiger partial charge in [-0.25, -0.2) is 0 Å². The van der Waals surface area contributed by atoms with E-state index in [1.54, 1.807) is 18.2 Å². The third-order valence-corrected chi connectivity index (χ3v) is 5.68. The van der Waals surface area contributed by atoms with Crippen molar-refractivity contribution < 1.29 is 9.90 Å². The van der Waals surface area contributed by atoms with Crippen LogP contribution in [0.3, 0.4) is 0 Å². The maximum atomic E-state index is 13.1. The Morgan fingerprint density at radius 2 is 1.93 bits per heavy atom. The number of carbonyl (C=O) groups is 1. The van der Waals surface area contributed by atoms with Crippen molar-refractivity contribution >= 4 is 23.2 Å². The lowest BCUT2D eigenvalue weighted by Crippen LogP contribution is -2.50. The minimum absolute atomic E-state index is 0.0762. The first-order valence-corrected chi connectivity index (χ1v) is 9.59. The first-order chi connectivity index (χ1) is 12.9. The minimum atomic E-state index is -1.48. The third kappa shape index (κ3) is 4.32. The molecule has 0 spiro atoms. The molecule has 1 fully saturated rings. The first kappa shape index (κ1) is 19.4. The normalized spacial score (nSPS) is 16.5. The summed E-state index contributed by atoms with van der Waals surface area (Å²) in [5, 5.41) is 23.5. The van der Waals surface area contributed by atoms with Gasteiger partial charge in [-0.05, 0) is 49.4 Å². The minimum Gasteiger partial charge on any atom is -0.379 e. The molecule has 1 atom stereocenters. The predicted octanol–water partition coefficient (Wildman–Crippen LogP) is 4.62. The number of carbonyl (C=O) groups excluding carboxylic acids is 1. The Bertz CT molecular complexity index is 867. The number of amides is 1. The number of anilines is 1. The van der Waals surface area contributed by atoms with Gasteiger partial charge in [0.1, 0.15) is 11.7 Å². The molecule has 3 rings (SSSR count). The van der Waals surface area contributed by atoms with Crippen LogP contribution >= 0.6 is 11.6 Å². The summed E-state index contributed by atoms with van der Waals surface area (Å²) in [6.07, 6.45) is 4.00. The van der Waals surface area contributed by atoms with E-state index in [4.69, 9.17) is 16.9 Å². The smallest absolute Gasteiger partial charge is 0.256 e. The molecule has 2 aromatic carbocycles. The predicted molar refractivity (Wildman–Crippen MR) is 107 cm³/mol. The fraction of sp³-hybridized carbons (Fsp3) is 0.364. The first-order valence-electron chi connectivity index (χ1n) is 9.21. The average Bonchev–Trinajstić information content (AvgIpc) is 3.19. The molecule has 0 aliphatic heterocycles. The largest absolute Gasteiger partial charge is 0.379 e. The molecule has 140 valence electrons. The van der Waals surface area contributed by atoms with Crippen LogP contribution in [0.25, 0.3) is 0 Å². The number of benzene rings is 2. The van der Waals surface area contributed by atoms with Gasteiger partial charge in [0.05, 0.1) is 10.6 Å². The summed E-state index contributed by atoms with van der Waals surface area (Å²) in [5.74, 6) is -0.497. The highest BCUT2D eigenvalue weighted by molar-refractivity contribution is 6.32. The van der Waals surface area contributed by atoms with E-state index in [9.17, 15) is 9.90 Å². The molecule has 1 aliphatic rings. The van der Waals surface area contributed by atoms with Gasteiger partial charge in [0.15, 0.2) is 0 Å². The Balaban J connectivity index is 1.85. The Labute approximate surface area is 164 Å². The molecule has 1 saturated carbocycles. The maximum Gasteiger partial charge on any atom is 0.256 e. The van der Waals surface area contributed by atoms with Crippen molar-refractivity contribution in [3.63, 3.8) is 0 Å². The van der Waals surface area contributed by atoms with Crippen LogP contribution in [-0.4, -0.2) is 16.6 Å². The van der Waals surface area contributed by atoms with E-state index >= 15 is 0 Å². The molecule has 0 bridgehead atoms. The van der Waals surface area contributed by atoms with Crippen LogP contribution in [0.15, 0.2) is 42.5 Å². The van der Waals surface area contributed by atoms with Crippen molar-refractivity contribution in [3.05, 3.63) is 64.2 Å². The molecule has 5 heteroatoms. The van der Waals surface area contributed by atoms with E-state index in [2.05, 4.69) is 5.32 Å². The van der Waals surface area contributed by atoms with Crippen LogP contribution < -0.4 is 5.32 Å². The molecule has 0 radical (unpaired) electrons. The molecule has 0 heterocycles. The van der Waals surface area contributed by atoms with Crippen LogP contribution in [0, 0.1) is 24.2 Å². The van der Waals surface area contributed by atoms with Crippen molar-refractivity contribution in [2.24, 2.45) is 5.92 Å². The highest BCUT2D eigenvalue weighted by Crippen LogP contribution is 2.37. The SMILES string of the molecule is Cc1ccc(CC(O)(C(=O)Nc2ccc(C#N)c(Cl)c2)C2CCCC2)cc1. The van der Waals surface area contributed by atoms with E-state index in [1.807, 2.05) is 37.3 Å². The fourth-order valence-corrected chi connectivity index (χ4v) is 3.98. The van der Waals surface area contributed by atoms with Gasteiger partial charge in [-0.2, -0.15) is 5.26 Å². The topological polar surface area (TPSA) is 73.1 Å². The molecule has 2 N–H and O–H groups in total. The van der Waals surface area contributed by atoms with Crippen molar-refractivity contribution in [1.82, 2.24) is 0 Å². The van der Waals surface area contributed by atoms with Crippen LogP contribution in [0.2, 0.25) is 5.02 Å². The molecular formula is C22H23ClN2O2. The lowest BCUT2D eigenvalue weighted by molar-refractivity contribution is -0.139. The molecule has 2 aromatic rings. The summed E-state index contributed by atoms with van der Waals surface area (Å²) in [5.41, 5.74) is 1.42. The Kier molecular flexibility index (Phi) is 5.84. The molecule has 1 unspecified atom stereocenters. The zero-order valence-electron chi connectivity index (χ0n) is 15.3. The number of aliphatic hydroxyl groups is 1. The highest BCUT2D eigenvalue weighted by Gasteiger charge is 2.44. The number of hydrogen-bond acceptors (Lipinski definition) is 3. The second kappa shape index (κ2) is 8.12. The van der Waals surface area contributed by atoms with Crippen LogP contribution in [0.5, 0.6) is 0 Å². The van der Waals surface area contributed by atoms with Crippen molar-refractivity contribution in [3.8, 4) is 6.07 Å². The van der Waals surface area contributed by atoms with Crippen LogP contribution in [-0.2, 0) is 11.2 Å². The van der Waals surface area contributed by atoms with Gasteiger partial charge in [0.25, 0.3) is 5.91 Å². The number of aryl methyl sites for hydroxylation is 1. The lowest BCUT2D eigenvalue weighted by atomic mass is 9.80. The number of halogens is 1. The molecule has 0 saturated heterocycles. The summed E-state index contributed by atoms with van der Waals surface area (Å²) in [7, 11) is 0. The van der Waals surface area contributed by atoms with E-state index in [1.165, 1.54) is 0 Å². The average molecular weight is 383 g/mol. The quantitative estimate of drug-likeness (QED) is 0.792. The van der Waals surface area contributed by atoms with Gasteiger partial charge < -0.3 is 10.4 Å². The van der Waals surface area contributed by atoms with Crippen molar-refractivity contribution in [2.75, 3.05) is 5.32 Å². The standard InChI is InChI=1S/C22H23ClN2O2/c1-15-6-8-16(9-7-15)13-22(27,18-4-2-3-5-18)21(26)25-19-11-10-17(14-24)20(23)12-19/h6-12,18,27H,2-5,13H2,1H3,(H,25,26). The van der Waals surface area contributed by atoms with E-state index < -0.39 is 11.5 Å². The molecular weight excluding hydrogens is 360 g/mol. The lowest BCUT2D eigenvalue weighted by Gasteiger charge is -2.33. The molecule has 0 aromatic heterocycles. The second-order valence-electron chi connectivity index (χ2n) is 7.33. The summed E-state index contributed by atoms with van der Waals surface area (Å²) < 4.78 is 0. The summed E-state index contributed by atoms with van der Waals surface area (Å²) >= 11 is 6.06. The Hall–Kier alpha value is -2.35. The number of nitriles is 1. The van der Waals surface area contributed by atoms with E-state index in [0.29, 0.717) is 11.3 Å². The van der Waals surface area contributed by atoms with Gasteiger partial charge >= 0.3 is 0 Å². The van der Waals surface area contributed by atoms with Crippen LogP contribution in [0.4, 0.5) is 5.69 Å². The number of hydrogen-bond donors (Lipinski definition) is 2. The zero-order chi connectivity index (χ0) is 19.4. The Morgan fingerprint density at radius 1 is 1.26 bits per heavy atom. The van der Waals surface area contributed by atoms with Gasteiger partial charge in [-0.3, -0.25) is 4.79 Å². The molecule has 1 aliphatic carbocycles. The zero-order valence-corrected chi connectivity index (χ0v) is 16.1. The number of rotatable bonds is 5. The van der Waals surface area contributed by atoms with Gasteiger partial charge in [-0.15, -0.1) is 0 Å². The maximum absolute atomic E-state index is 13.1. The van der Waals surface area contributed by atoms with Crippen molar-refractivity contribution in [2.45, 2.75) is 44.6 Å². The van der Waals surface area contributed by atoms with Gasteiger partial charge in [0, 0.05) is 12.1 Å². The van der Waals surface area contributed by atoms with E-state index in [0.717, 1.165) is 36.8 Å². The van der Waals surface area contributed by atoms with Gasteiger partial charge in [-0.1, -0.05) is 54.3 Å². The number of nitrogens with one attached hydrogen (secondary N) is 1. The second-order valence-corrected chi connectivity index (χ2v) is 7.74. The molecule has 4 nitrogen and oxygen atoms in total. The third-order valence-electron chi connectivity index (χ3n) is 5.37.